The molecule has 0 bridgehead atoms. The van der Waals surface area contributed by atoms with E-state index in [9.17, 15) is 10.1 Å². The van der Waals surface area contributed by atoms with Crippen molar-refractivity contribution in [2.24, 2.45) is 0 Å². The van der Waals surface area contributed by atoms with Gasteiger partial charge in [0.15, 0.2) is 0 Å². The van der Waals surface area contributed by atoms with Crippen LogP contribution in [0.25, 0.3) is 22.2 Å². The molecule has 0 saturated heterocycles. The molecule has 0 aliphatic carbocycles. The molecular formula is C17H16N4O3. The zero-order valence-corrected chi connectivity index (χ0v) is 13.4. The van der Waals surface area contributed by atoms with Crippen LogP contribution in [-0.4, -0.2) is 40.2 Å². The molecule has 24 heavy (non-hydrogen) atoms. The second-order valence-electron chi connectivity index (χ2n) is 6.04. The van der Waals surface area contributed by atoms with Gasteiger partial charge in [0.1, 0.15) is 11.4 Å². The van der Waals surface area contributed by atoms with Crippen LogP contribution in [0.15, 0.2) is 36.4 Å². The molecule has 122 valence electrons. The molecule has 0 N–H and O–H groups in total. The fourth-order valence-corrected chi connectivity index (χ4v) is 2.99. The van der Waals surface area contributed by atoms with Crippen molar-refractivity contribution in [1.82, 2.24) is 14.7 Å². The van der Waals surface area contributed by atoms with Gasteiger partial charge in [-0.15, -0.1) is 0 Å². The highest BCUT2D eigenvalue weighted by Crippen LogP contribution is 2.49. The molecule has 0 spiro atoms. The van der Waals surface area contributed by atoms with Crippen LogP contribution in [0.2, 0.25) is 0 Å². The maximum absolute atomic E-state index is 11.4. The summed E-state index contributed by atoms with van der Waals surface area (Å²) in [4.78, 5) is 13.0. The van der Waals surface area contributed by atoms with E-state index in [1.165, 1.54) is 6.07 Å². The SMILES string of the molecule is CN(C)CCn1nc2c3c(c([N+](=O)[O-])ccc31)Oc1ccccc1-2. The first-order valence-corrected chi connectivity index (χ1v) is 7.66. The molecule has 0 amide bonds. The van der Waals surface area contributed by atoms with E-state index in [1.54, 1.807) is 12.1 Å². The topological polar surface area (TPSA) is 73.4 Å². The molecule has 7 nitrogen and oxygen atoms in total. The van der Waals surface area contributed by atoms with Gasteiger partial charge in [-0.3, -0.25) is 14.8 Å². The van der Waals surface area contributed by atoms with Crippen LogP contribution in [0.5, 0.6) is 11.5 Å². The Morgan fingerprint density at radius 2 is 2.04 bits per heavy atom. The number of likely N-dealkylation sites (N-methyl/N-ethyl adjacent to an activating group) is 1. The third kappa shape index (κ3) is 2.13. The number of fused-ring (bicyclic) bond motifs is 2. The molecule has 0 fully saturated rings. The highest BCUT2D eigenvalue weighted by molar-refractivity contribution is 6.03. The number of para-hydroxylation sites is 1. The van der Waals surface area contributed by atoms with Crippen molar-refractivity contribution in [3.05, 3.63) is 46.5 Å². The van der Waals surface area contributed by atoms with E-state index < -0.39 is 4.92 Å². The summed E-state index contributed by atoms with van der Waals surface area (Å²) in [6, 6.07) is 10.7. The number of nitro benzene ring substituents is 1. The molecule has 2 aromatic carbocycles. The first-order chi connectivity index (χ1) is 11.6. The summed E-state index contributed by atoms with van der Waals surface area (Å²) in [5.41, 5.74) is 2.41. The third-order valence-electron chi connectivity index (χ3n) is 4.16. The normalized spacial score (nSPS) is 12.3. The van der Waals surface area contributed by atoms with Crippen LogP contribution in [0.3, 0.4) is 0 Å². The van der Waals surface area contributed by atoms with Gasteiger partial charge in [-0.2, -0.15) is 5.10 Å². The Bertz CT molecular complexity index is 962. The van der Waals surface area contributed by atoms with E-state index in [-0.39, 0.29) is 11.4 Å². The summed E-state index contributed by atoms with van der Waals surface area (Å²) < 4.78 is 7.77. The largest absolute Gasteiger partial charge is 0.449 e. The van der Waals surface area contributed by atoms with Crippen molar-refractivity contribution in [2.75, 3.05) is 20.6 Å². The number of nitrogens with zero attached hydrogens (tertiary/aromatic N) is 4. The Labute approximate surface area is 138 Å². The summed E-state index contributed by atoms with van der Waals surface area (Å²) in [5.74, 6) is 0.876. The van der Waals surface area contributed by atoms with Gasteiger partial charge >= 0.3 is 5.69 Å². The van der Waals surface area contributed by atoms with E-state index in [0.717, 1.165) is 23.3 Å². The molecule has 0 saturated carbocycles. The second kappa shape index (κ2) is 5.31. The average Bonchev–Trinajstić information content (AvgIpc) is 2.93. The van der Waals surface area contributed by atoms with Crippen LogP contribution < -0.4 is 4.74 Å². The summed E-state index contributed by atoms with van der Waals surface area (Å²) >= 11 is 0. The third-order valence-corrected chi connectivity index (χ3v) is 4.16. The molecule has 1 aliphatic rings. The molecule has 0 unspecified atom stereocenters. The lowest BCUT2D eigenvalue weighted by molar-refractivity contribution is -0.385. The van der Waals surface area contributed by atoms with Gasteiger partial charge in [0.25, 0.3) is 0 Å². The average molecular weight is 324 g/mol. The lowest BCUT2D eigenvalue weighted by atomic mass is 10.0. The molecule has 1 aromatic heterocycles. The lowest BCUT2D eigenvalue weighted by Gasteiger charge is -2.16. The Balaban J connectivity index is 1.99. The number of rotatable bonds is 4. The van der Waals surface area contributed by atoms with Crippen molar-refractivity contribution in [3.8, 4) is 22.8 Å². The maximum Gasteiger partial charge on any atom is 0.312 e. The molecule has 7 heteroatoms. The van der Waals surface area contributed by atoms with Gasteiger partial charge in [0.2, 0.25) is 5.75 Å². The monoisotopic (exact) mass is 324 g/mol. The number of nitro groups is 1. The minimum atomic E-state index is -0.413. The quantitative estimate of drug-likeness (QED) is 0.425. The minimum Gasteiger partial charge on any atom is -0.449 e. The van der Waals surface area contributed by atoms with Crippen LogP contribution in [-0.2, 0) is 6.54 Å². The van der Waals surface area contributed by atoms with Crippen LogP contribution in [0.4, 0.5) is 5.69 Å². The second-order valence-corrected chi connectivity index (χ2v) is 6.04. The molecule has 1 aliphatic heterocycles. The van der Waals surface area contributed by atoms with Gasteiger partial charge in [-0.25, -0.2) is 0 Å². The molecule has 3 aromatic rings. The van der Waals surface area contributed by atoms with Crippen molar-refractivity contribution < 1.29 is 9.66 Å². The van der Waals surface area contributed by atoms with E-state index >= 15 is 0 Å². The predicted molar refractivity (Wildman–Crippen MR) is 90.5 cm³/mol. The van der Waals surface area contributed by atoms with Crippen LogP contribution >= 0.6 is 0 Å². The van der Waals surface area contributed by atoms with Gasteiger partial charge in [-0.1, -0.05) is 12.1 Å². The summed E-state index contributed by atoms with van der Waals surface area (Å²) in [6.45, 7) is 1.52. The lowest BCUT2D eigenvalue weighted by Crippen LogP contribution is -2.18. The Hall–Kier alpha value is -2.93. The van der Waals surface area contributed by atoms with Crippen molar-refractivity contribution >= 4 is 16.6 Å². The van der Waals surface area contributed by atoms with E-state index in [0.29, 0.717) is 17.7 Å². The zero-order chi connectivity index (χ0) is 16.8. The number of hydrogen-bond acceptors (Lipinski definition) is 5. The zero-order valence-electron chi connectivity index (χ0n) is 13.4. The molecule has 2 heterocycles. The predicted octanol–water partition coefficient (Wildman–Crippen LogP) is 3.28. The molecular weight excluding hydrogens is 308 g/mol. The first-order valence-electron chi connectivity index (χ1n) is 7.66. The number of ether oxygens (including phenoxy) is 1. The van der Waals surface area contributed by atoms with Gasteiger partial charge in [0.05, 0.1) is 22.4 Å². The van der Waals surface area contributed by atoms with E-state index in [1.807, 2.05) is 37.0 Å². The Kier molecular flexibility index (Phi) is 3.24. The van der Waals surface area contributed by atoms with Crippen LogP contribution in [0.1, 0.15) is 0 Å². The van der Waals surface area contributed by atoms with Gasteiger partial charge in [0, 0.05) is 18.2 Å². The van der Waals surface area contributed by atoms with Gasteiger partial charge in [-0.05, 0) is 32.3 Å². The summed E-state index contributed by atoms with van der Waals surface area (Å²) in [6.07, 6.45) is 0. The highest BCUT2D eigenvalue weighted by atomic mass is 16.6. The fraction of sp³-hybridized carbons (Fsp3) is 0.235. The standard InChI is InChI=1S/C17H16N4O3/c1-19(2)9-10-20-12-7-8-13(21(22)23)17-15(12)16(18-20)11-5-3-4-6-14(11)24-17/h3-8H,9-10H2,1-2H3. The number of hydrogen-bond donors (Lipinski definition) is 0. The Morgan fingerprint density at radius 1 is 1.25 bits per heavy atom. The van der Waals surface area contributed by atoms with Crippen LogP contribution in [0, 0.1) is 10.1 Å². The first kappa shape index (κ1) is 14.6. The summed E-state index contributed by atoms with van der Waals surface area (Å²) in [7, 11) is 4.00. The Morgan fingerprint density at radius 3 is 2.79 bits per heavy atom. The van der Waals surface area contributed by atoms with E-state index in [2.05, 4.69) is 4.90 Å². The maximum atomic E-state index is 11.4. The molecule has 0 atom stereocenters. The van der Waals surface area contributed by atoms with Gasteiger partial charge < -0.3 is 9.64 Å². The van der Waals surface area contributed by atoms with Crippen molar-refractivity contribution in [3.63, 3.8) is 0 Å². The van der Waals surface area contributed by atoms with Crippen molar-refractivity contribution in [2.45, 2.75) is 6.54 Å². The van der Waals surface area contributed by atoms with Crippen molar-refractivity contribution in [1.29, 1.82) is 0 Å². The molecule has 4 rings (SSSR count). The fourth-order valence-electron chi connectivity index (χ4n) is 2.99. The number of benzene rings is 2. The van der Waals surface area contributed by atoms with E-state index in [4.69, 9.17) is 9.84 Å². The number of aromatic nitrogens is 2. The molecule has 0 radical (unpaired) electrons. The highest BCUT2D eigenvalue weighted by Gasteiger charge is 2.30. The minimum absolute atomic E-state index is 0.0367. The summed E-state index contributed by atoms with van der Waals surface area (Å²) in [5, 5.41) is 16.8. The smallest absolute Gasteiger partial charge is 0.312 e.